The summed E-state index contributed by atoms with van der Waals surface area (Å²) < 4.78 is 26.5. The number of likely N-dealkylation sites (tertiary alicyclic amines) is 1. The number of nitro benzene ring substituents is 1. The average Bonchev–Trinajstić information content (AvgIpc) is 2.70. The summed E-state index contributed by atoms with van der Waals surface area (Å²) >= 11 is 0. The zero-order valence-corrected chi connectivity index (χ0v) is 10.5. The molecule has 0 saturated carbocycles. The molecule has 2 rings (SSSR count). The molecule has 1 N–H and O–H groups in total. The van der Waals surface area contributed by atoms with Crippen LogP contribution in [0.3, 0.4) is 0 Å². The number of hydrogen-bond acceptors (Lipinski definition) is 4. The van der Waals surface area contributed by atoms with E-state index in [1.807, 2.05) is 7.05 Å². The molecule has 1 unspecified atom stereocenters. The van der Waals surface area contributed by atoms with Crippen molar-refractivity contribution in [2.24, 2.45) is 0 Å². The Hall–Kier alpha value is -1.76. The second-order valence-corrected chi connectivity index (χ2v) is 4.70. The van der Waals surface area contributed by atoms with Crippen LogP contribution in [0.25, 0.3) is 0 Å². The van der Waals surface area contributed by atoms with Crippen LogP contribution in [-0.2, 0) is 0 Å². The van der Waals surface area contributed by atoms with Gasteiger partial charge in [0.05, 0.1) is 4.92 Å². The van der Waals surface area contributed by atoms with Crippen molar-refractivity contribution < 1.29 is 13.7 Å². The predicted octanol–water partition coefficient (Wildman–Crippen LogP) is 2.38. The largest absolute Gasteiger partial charge is 0.378 e. The zero-order valence-electron chi connectivity index (χ0n) is 10.5. The number of nitrogens with zero attached hydrogens (tertiary/aromatic N) is 2. The molecular weight excluding hydrogens is 256 g/mol. The van der Waals surface area contributed by atoms with Gasteiger partial charge in [-0.2, -0.15) is 4.39 Å². The van der Waals surface area contributed by atoms with E-state index < -0.39 is 22.2 Å². The van der Waals surface area contributed by atoms with Crippen molar-refractivity contribution in [2.75, 3.05) is 25.5 Å². The molecule has 1 aromatic rings. The summed E-state index contributed by atoms with van der Waals surface area (Å²) in [5.74, 6) is -1.99. The molecule has 1 saturated heterocycles. The maximum atomic E-state index is 13.4. The number of hydrogen-bond donors (Lipinski definition) is 1. The minimum Gasteiger partial charge on any atom is -0.378 e. The molecule has 0 radical (unpaired) electrons. The van der Waals surface area contributed by atoms with Gasteiger partial charge in [0.1, 0.15) is 11.5 Å². The first-order valence-corrected chi connectivity index (χ1v) is 6.06. The molecule has 104 valence electrons. The topological polar surface area (TPSA) is 58.4 Å². The lowest BCUT2D eigenvalue weighted by Crippen LogP contribution is -2.31. The Kier molecular flexibility index (Phi) is 3.94. The van der Waals surface area contributed by atoms with Gasteiger partial charge in [-0.05, 0) is 26.4 Å². The molecule has 1 heterocycles. The third kappa shape index (κ3) is 2.98. The molecule has 5 nitrogen and oxygen atoms in total. The molecule has 1 aliphatic heterocycles. The van der Waals surface area contributed by atoms with Crippen molar-refractivity contribution in [1.29, 1.82) is 0 Å². The number of anilines is 1. The summed E-state index contributed by atoms with van der Waals surface area (Å²) in [4.78, 5) is 12.1. The summed E-state index contributed by atoms with van der Waals surface area (Å²) in [5.41, 5.74) is -0.815. The van der Waals surface area contributed by atoms with Gasteiger partial charge < -0.3 is 10.2 Å². The fraction of sp³-hybridized carbons (Fsp3) is 0.500. The van der Waals surface area contributed by atoms with Gasteiger partial charge in [-0.1, -0.05) is 0 Å². The highest BCUT2D eigenvalue weighted by molar-refractivity contribution is 5.62. The highest BCUT2D eigenvalue weighted by atomic mass is 19.1. The van der Waals surface area contributed by atoms with Crippen LogP contribution in [0.2, 0.25) is 0 Å². The van der Waals surface area contributed by atoms with E-state index in [0.717, 1.165) is 25.5 Å². The first kappa shape index (κ1) is 13.7. The molecule has 1 aliphatic rings. The van der Waals surface area contributed by atoms with Crippen LogP contribution in [0, 0.1) is 21.7 Å². The molecule has 19 heavy (non-hydrogen) atoms. The van der Waals surface area contributed by atoms with Crippen molar-refractivity contribution in [3.8, 4) is 0 Å². The maximum Gasteiger partial charge on any atom is 0.327 e. The summed E-state index contributed by atoms with van der Waals surface area (Å²) in [7, 11) is 1.96. The van der Waals surface area contributed by atoms with Crippen molar-refractivity contribution in [3.63, 3.8) is 0 Å². The Bertz CT molecular complexity index is 496. The summed E-state index contributed by atoms with van der Waals surface area (Å²) in [6.07, 6.45) is 2.03. The summed E-state index contributed by atoms with van der Waals surface area (Å²) in [6.45, 7) is 1.40. The molecule has 0 bridgehead atoms. The van der Waals surface area contributed by atoms with E-state index in [1.54, 1.807) is 0 Å². The molecule has 0 aromatic heterocycles. The highest BCUT2D eigenvalue weighted by Crippen LogP contribution is 2.29. The SMILES string of the molecule is CN1CCCC1CNc1cc(F)cc(F)c1[N+](=O)[O-]. The van der Waals surface area contributed by atoms with Crippen molar-refractivity contribution >= 4 is 11.4 Å². The van der Waals surface area contributed by atoms with E-state index in [-0.39, 0.29) is 11.7 Å². The zero-order chi connectivity index (χ0) is 14.0. The first-order chi connectivity index (χ1) is 8.99. The molecule has 1 fully saturated rings. The van der Waals surface area contributed by atoms with E-state index >= 15 is 0 Å². The highest BCUT2D eigenvalue weighted by Gasteiger charge is 2.25. The van der Waals surface area contributed by atoms with Gasteiger partial charge in [-0.25, -0.2) is 4.39 Å². The van der Waals surface area contributed by atoms with Crippen molar-refractivity contribution in [2.45, 2.75) is 18.9 Å². The van der Waals surface area contributed by atoms with E-state index in [9.17, 15) is 18.9 Å². The van der Waals surface area contributed by atoms with Gasteiger partial charge in [0, 0.05) is 24.7 Å². The number of nitro groups is 1. The predicted molar refractivity (Wildman–Crippen MR) is 67.2 cm³/mol. The number of halogens is 2. The van der Waals surface area contributed by atoms with Gasteiger partial charge in [0.2, 0.25) is 5.82 Å². The summed E-state index contributed by atoms with van der Waals surface area (Å²) in [6, 6.07) is 1.70. The van der Waals surface area contributed by atoms with Crippen LogP contribution < -0.4 is 5.32 Å². The van der Waals surface area contributed by atoms with Crippen molar-refractivity contribution in [1.82, 2.24) is 4.90 Å². The van der Waals surface area contributed by atoms with Gasteiger partial charge >= 0.3 is 5.69 Å². The molecule has 0 amide bonds. The molecule has 7 heteroatoms. The van der Waals surface area contributed by atoms with Gasteiger partial charge in [0.25, 0.3) is 0 Å². The number of likely N-dealkylation sites (N-methyl/N-ethyl adjacent to an activating group) is 1. The van der Waals surface area contributed by atoms with Crippen LogP contribution in [0.15, 0.2) is 12.1 Å². The first-order valence-electron chi connectivity index (χ1n) is 6.06. The second kappa shape index (κ2) is 5.48. The van der Waals surface area contributed by atoms with E-state index in [4.69, 9.17) is 0 Å². The van der Waals surface area contributed by atoms with E-state index in [0.29, 0.717) is 12.6 Å². The molecule has 1 aromatic carbocycles. The van der Waals surface area contributed by atoms with Gasteiger partial charge in [-0.15, -0.1) is 0 Å². The Balaban J connectivity index is 2.17. The monoisotopic (exact) mass is 271 g/mol. The standard InChI is InChI=1S/C12H15F2N3O2/c1-16-4-2-3-9(16)7-15-11-6-8(13)5-10(14)12(11)17(18)19/h5-6,9,15H,2-4,7H2,1H3. The molecule has 0 spiro atoms. The lowest BCUT2D eigenvalue weighted by Gasteiger charge is -2.20. The van der Waals surface area contributed by atoms with E-state index in [2.05, 4.69) is 10.2 Å². The minimum atomic E-state index is -1.16. The number of benzene rings is 1. The Labute approximate surface area is 109 Å². The normalized spacial score (nSPS) is 19.6. The van der Waals surface area contributed by atoms with Crippen molar-refractivity contribution in [3.05, 3.63) is 33.9 Å². The fourth-order valence-electron chi connectivity index (χ4n) is 2.35. The van der Waals surface area contributed by atoms with Crippen LogP contribution in [0.4, 0.5) is 20.2 Å². The van der Waals surface area contributed by atoms with Crippen LogP contribution in [-0.4, -0.2) is 36.0 Å². The quantitative estimate of drug-likeness (QED) is 0.674. The molecular formula is C12H15F2N3O2. The summed E-state index contributed by atoms with van der Waals surface area (Å²) in [5, 5.41) is 13.6. The Morgan fingerprint density at radius 2 is 2.26 bits per heavy atom. The molecule has 1 atom stereocenters. The maximum absolute atomic E-state index is 13.4. The Morgan fingerprint density at radius 3 is 2.84 bits per heavy atom. The molecule has 0 aliphatic carbocycles. The van der Waals surface area contributed by atoms with Crippen LogP contribution in [0.5, 0.6) is 0 Å². The smallest absolute Gasteiger partial charge is 0.327 e. The number of rotatable bonds is 4. The second-order valence-electron chi connectivity index (χ2n) is 4.70. The Morgan fingerprint density at radius 1 is 1.53 bits per heavy atom. The fourth-order valence-corrected chi connectivity index (χ4v) is 2.35. The third-order valence-electron chi connectivity index (χ3n) is 3.41. The third-order valence-corrected chi connectivity index (χ3v) is 3.41. The van der Waals surface area contributed by atoms with E-state index in [1.165, 1.54) is 0 Å². The number of nitrogens with one attached hydrogen (secondary N) is 1. The lowest BCUT2D eigenvalue weighted by atomic mass is 10.2. The lowest BCUT2D eigenvalue weighted by molar-refractivity contribution is -0.386. The van der Waals surface area contributed by atoms with Gasteiger partial charge in [-0.3, -0.25) is 10.1 Å². The van der Waals surface area contributed by atoms with Gasteiger partial charge in [0.15, 0.2) is 0 Å². The van der Waals surface area contributed by atoms with Crippen LogP contribution in [0.1, 0.15) is 12.8 Å². The minimum absolute atomic E-state index is 0.109. The average molecular weight is 271 g/mol. The van der Waals surface area contributed by atoms with Crippen LogP contribution >= 0.6 is 0 Å².